The summed E-state index contributed by atoms with van der Waals surface area (Å²) in [5, 5.41) is 11.8. The van der Waals surface area contributed by atoms with E-state index in [1.807, 2.05) is 29.8 Å². The fraction of sp³-hybridized carbons (Fsp3) is 0.500. The van der Waals surface area contributed by atoms with Gasteiger partial charge in [-0.05, 0) is 73.1 Å². The third kappa shape index (κ3) is 4.73. The Balaban J connectivity index is 1.32. The molecule has 0 spiro atoms. The number of halogens is 3. The average molecular weight is 570 g/mol. The number of hydrogen-bond donors (Lipinski definition) is 1. The van der Waals surface area contributed by atoms with Crippen LogP contribution in [0.15, 0.2) is 42.7 Å². The van der Waals surface area contributed by atoms with Gasteiger partial charge in [0.25, 0.3) is 5.91 Å². The van der Waals surface area contributed by atoms with Crippen LogP contribution in [0.4, 0.5) is 18.9 Å². The van der Waals surface area contributed by atoms with Crippen molar-refractivity contribution in [2.45, 2.75) is 68.4 Å². The fourth-order valence-corrected chi connectivity index (χ4v) is 6.69. The van der Waals surface area contributed by atoms with Crippen molar-refractivity contribution < 1.29 is 27.4 Å². The summed E-state index contributed by atoms with van der Waals surface area (Å²) in [5.41, 5.74) is 0.563. The van der Waals surface area contributed by atoms with Crippen LogP contribution in [0.2, 0.25) is 0 Å². The van der Waals surface area contributed by atoms with Crippen LogP contribution in [0, 0.1) is 0 Å². The number of aryl methyl sites for hydroxylation is 1. The lowest BCUT2D eigenvalue weighted by Gasteiger charge is -2.46. The largest absolute Gasteiger partial charge is 0.416 e. The molecule has 2 aliphatic carbocycles. The molecule has 3 aliphatic rings. The number of rotatable bonds is 9. The molecule has 0 unspecified atom stereocenters. The molecule has 0 bridgehead atoms. The van der Waals surface area contributed by atoms with E-state index in [0.29, 0.717) is 30.7 Å². The smallest absolute Gasteiger partial charge is 0.383 e. The SMILES string of the molecule is COCC1(NCc2cc3c(c(C(F)(F)F)c2)CN(c2cccc([C@]4(c5nncn5C)C[C@H](OC)C4)c2)C3=O)CCC1. The monoisotopic (exact) mass is 569 g/mol. The van der Waals surface area contributed by atoms with E-state index < -0.39 is 23.1 Å². The first-order chi connectivity index (χ1) is 19.6. The molecule has 1 amide bonds. The first-order valence-electron chi connectivity index (χ1n) is 13.9. The molecule has 11 heteroatoms. The number of anilines is 1. The number of alkyl halides is 3. The number of ether oxygens (including phenoxy) is 2. The number of amides is 1. The van der Waals surface area contributed by atoms with Crippen molar-refractivity contribution in [2.24, 2.45) is 7.05 Å². The molecular weight excluding hydrogens is 535 g/mol. The molecule has 218 valence electrons. The number of fused-ring (bicyclic) bond motifs is 1. The van der Waals surface area contributed by atoms with Crippen LogP contribution >= 0.6 is 0 Å². The highest BCUT2D eigenvalue weighted by molar-refractivity contribution is 6.10. The van der Waals surface area contributed by atoms with Gasteiger partial charge >= 0.3 is 6.18 Å². The van der Waals surface area contributed by atoms with Crippen LogP contribution < -0.4 is 10.2 Å². The van der Waals surface area contributed by atoms with Gasteiger partial charge < -0.3 is 24.3 Å². The molecule has 0 radical (unpaired) electrons. The number of carbonyl (C=O) groups is 1. The lowest BCUT2D eigenvalue weighted by molar-refractivity contribution is -0.138. The maximum atomic E-state index is 14.3. The van der Waals surface area contributed by atoms with E-state index in [-0.39, 0.29) is 35.9 Å². The molecular formula is C30H34F3N5O3. The number of nitrogens with zero attached hydrogens (tertiary/aromatic N) is 4. The Hall–Kier alpha value is -3.28. The summed E-state index contributed by atoms with van der Waals surface area (Å²) in [4.78, 5) is 15.1. The Bertz CT molecular complexity index is 1460. The van der Waals surface area contributed by atoms with E-state index in [1.54, 1.807) is 32.7 Å². The van der Waals surface area contributed by atoms with Crippen molar-refractivity contribution in [2.75, 3.05) is 25.7 Å². The van der Waals surface area contributed by atoms with Gasteiger partial charge in [-0.25, -0.2) is 0 Å². The molecule has 0 saturated heterocycles. The second-order valence-electron chi connectivity index (χ2n) is 11.6. The van der Waals surface area contributed by atoms with Crippen molar-refractivity contribution in [1.82, 2.24) is 20.1 Å². The van der Waals surface area contributed by atoms with Gasteiger partial charge in [0.2, 0.25) is 0 Å². The van der Waals surface area contributed by atoms with Crippen LogP contribution in [0.3, 0.4) is 0 Å². The van der Waals surface area contributed by atoms with Crippen LogP contribution in [0.25, 0.3) is 0 Å². The summed E-state index contributed by atoms with van der Waals surface area (Å²) in [6, 6.07) is 10.3. The van der Waals surface area contributed by atoms with Crippen molar-refractivity contribution in [3.8, 4) is 0 Å². The first-order valence-corrected chi connectivity index (χ1v) is 13.9. The van der Waals surface area contributed by atoms with Crippen molar-refractivity contribution in [3.63, 3.8) is 0 Å². The summed E-state index contributed by atoms with van der Waals surface area (Å²) >= 11 is 0. The maximum absolute atomic E-state index is 14.3. The Labute approximate surface area is 236 Å². The number of aromatic nitrogens is 3. The minimum Gasteiger partial charge on any atom is -0.383 e. The second kappa shape index (κ2) is 10.2. The molecule has 41 heavy (non-hydrogen) atoms. The number of nitrogens with one attached hydrogen (secondary N) is 1. The zero-order valence-electron chi connectivity index (χ0n) is 23.4. The van der Waals surface area contributed by atoms with Gasteiger partial charge in [-0.3, -0.25) is 4.79 Å². The summed E-state index contributed by atoms with van der Waals surface area (Å²) in [6.07, 6.45) is 1.34. The zero-order valence-corrected chi connectivity index (χ0v) is 23.4. The van der Waals surface area contributed by atoms with Gasteiger partial charge in [0.15, 0.2) is 0 Å². The zero-order chi connectivity index (χ0) is 29.0. The highest BCUT2D eigenvalue weighted by atomic mass is 19.4. The molecule has 2 fully saturated rings. The minimum atomic E-state index is -4.59. The quantitative estimate of drug-likeness (QED) is 0.401. The number of methoxy groups -OCH3 is 2. The number of benzene rings is 2. The van der Waals surface area contributed by atoms with Crippen LogP contribution in [-0.2, 0) is 41.2 Å². The molecule has 2 aromatic carbocycles. The van der Waals surface area contributed by atoms with E-state index in [0.717, 1.165) is 30.7 Å². The van der Waals surface area contributed by atoms with Gasteiger partial charge in [-0.1, -0.05) is 12.1 Å². The second-order valence-corrected chi connectivity index (χ2v) is 11.6. The van der Waals surface area contributed by atoms with Gasteiger partial charge in [0.05, 0.1) is 30.2 Å². The predicted octanol–water partition coefficient (Wildman–Crippen LogP) is 4.75. The van der Waals surface area contributed by atoms with Crippen LogP contribution in [0.5, 0.6) is 0 Å². The maximum Gasteiger partial charge on any atom is 0.416 e. The van der Waals surface area contributed by atoms with Gasteiger partial charge in [-0.2, -0.15) is 13.2 Å². The van der Waals surface area contributed by atoms with Crippen molar-refractivity contribution in [1.29, 1.82) is 0 Å². The lowest BCUT2D eigenvalue weighted by Crippen LogP contribution is -2.53. The third-order valence-corrected chi connectivity index (χ3v) is 9.14. The third-order valence-electron chi connectivity index (χ3n) is 9.14. The lowest BCUT2D eigenvalue weighted by atomic mass is 9.62. The summed E-state index contributed by atoms with van der Waals surface area (Å²) in [6.45, 7) is 0.572. The summed E-state index contributed by atoms with van der Waals surface area (Å²) < 4.78 is 55.7. The Morgan fingerprint density at radius 3 is 2.54 bits per heavy atom. The average Bonchev–Trinajstić information content (AvgIpc) is 3.47. The standard InChI is InChI=1S/C30H34F3N5O3/c1-37-18-35-36-27(37)29(13-22(14-29)41-3)20-6-4-7-21(12-20)38-16-24-23(26(38)39)10-19(11-25(24)30(31,32)33)15-34-28(17-40-2)8-5-9-28/h4,6-7,10-12,18,22,34H,5,8-9,13-17H2,1-3H3/t22-,29-. The number of hydrogen-bond acceptors (Lipinski definition) is 6. The molecule has 6 rings (SSSR count). The molecule has 8 nitrogen and oxygen atoms in total. The van der Waals surface area contributed by atoms with Gasteiger partial charge in [-0.15, -0.1) is 10.2 Å². The molecule has 2 saturated carbocycles. The molecule has 1 aromatic heterocycles. The Kier molecular flexibility index (Phi) is 6.94. The molecule has 1 aliphatic heterocycles. The number of carbonyl (C=O) groups excluding carboxylic acids is 1. The van der Waals surface area contributed by atoms with E-state index in [1.165, 1.54) is 11.0 Å². The first kappa shape index (κ1) is 27.9. The molecule has 0 atom stereocenters. The van der Waals surface area contributed by atoms with Crippen molar-refractivity contribution in [3.05, 3.63) is 76.4 Å². The van der Waals surface area contributed by atoms with E-state index >= 15 is 0 Å². The van der Waals surface area contributed by atoms with E-state index in [2.05, 4.69) is 15.5 Å². The topological polar surface area (TPSA) is 81.5 Å². The van der Waals surface area contributed by atoms with E-state index in [4.69, 9.17) is 9.47 Å². The highest BCUT2D eigenvalue weighted by Gasteiger charge is 2.50. The van der Waals surface area contributed by atoms with Gasteiger partial charge in [0, 0.05) is 44.6 Å². The molecule has 2 heterocycles. The summed E-state index contributed by atoms with van der Waals surface area (Å²) in [5.74, 6) is 0.351. The summed E-state index contributed by atoms with van der Waals surface area (Å²) in [7, 11) is 5.18. The molecule has 1 N–H and O–H groups in total. The Morgan fingerprint density at radius 2 is 1.93 bits per heavy atom. The van der Waals surface area contributed by atoms with E-state index in [9.17, 15) is 18.0 Å². The van der Waals surface area contributed by atoms with Crippen molar-refractivity contribution >= 4 is 11.6 Å². The normalized spacial score (nSPS) is 23.3. The highest BCUT2D eigenvalue weighted by Crippen LogP contribution is 2.50. The Morgan fingerprint density at radius 1 is 1.15 bits per heavy atom. The minimum absolute atomic E-state index is 0.0120. The van der Waals surface area contributed by atoms with Crippen LogP contribution in [0.1, 0.15) is 70.5 Å². The molecule has 3 aromatic rings. The predicted molar refractivity (Wildman–Crippen MR) is 146 cm³/mol. The van der Waals surface area contributed by atoms with Crippen LogP contribution in [-0.4, -0.2) is 53.1 Å². The fourth-order valence-electron chi connectivity index (χ4n) is 6.69. The van der Waals surface area contributed by atoms with Gasteiger partial charge in [0.1, 0.15) is 12.2 Å².